The molecule has 0 heterocycles. The van der Waals surface area contributed by atoms with Crippen LogP contribution in [0.5, 0.6) is 0 Å². The molecule has 1 amide bonds. The predicted molar refractivity (Wildman–Crippen MR) is 57.7 cm³/mol. The van der Waals surface area contributed by atoms with Gasteiger partial charge < -0.3 is 14.9 Å². The van der Waals surface area contributed by atoms with Gasteiger partial charge in [0.25, 0.3) is 0 Å². The number of rotatable bonds is 4. The van der Waals surface area contributed by atoms with Gasteiger partial charge in [-0.3, -0.25) is 9.69 Å². The predicted octanol–water partition coefficient (Wildman–Crippen LogP) is 0.781. The molecule has 2 N–H and O–H groups in total. The number of carboxylic acid groups (broad SMARTS) is 2. The van der Waals surface area contributed by atoms with Crippen LogP contribution in [0, 0.1) is 0 Å². The minimum absolute atomic E-state index is 0.649. The van der Waals surface area contributed by atoms with E-state index in [9.17, 15) is 14.4 Å². The first-order valence-electron chi connectivity index (χ1n) is 4.99. The zero-order valence-electron chi connectivity index (χ0n) is 10.3. The molecule has 0 aliphatic carbocycles. The highest BCUT2D eigenvalue weighted by molar-refractivity contribution is 5.83. The van der Waals surface area contributed by atoms with E-state index in [4.69, 9.17) is 14.9 Å². The molecule has 0 aromatic rings. The van der Waals surface area contributed by atoms with E-state index in [1.165, 1.54) is 6.92 Å². The van der Waals surface area contributed by atoms with Gasteiger partial charge in [0, 0.05) is 0 Å². The molecule has 0 fully saturated rings. The van der Waals surface area contributed by atoms with Gasteiger partial charge in [-0.25, -0.2) is 9.59 Å². The monoisotopic (exact) mass is 247 g/mol. The van der Waals surface area contributed by atoms with Gasteiger partial charge >= 0.3 is 18.0 Å². The van der Waals surface area contributed by atoms with Crippen LogP contribution >= 0.6 is 0 Å². The van der Waals surface area contributed by atoms with Crippen molar-refractivity contribution >= 4 is 18.0 Å². The van der Waals surface area contributed by atoms with Gasteiger partial charge in [-0.1, -0.05) is 0 Å². The summed E-state index contributed by atoms with van der Waals surface area (Å²) in [6.07, 6.45) is -0.963. The van der Waals surface area contributed by atoms with Crippen LogP contribution in [0.1, 0.15) is 27.7 Å². The number of carbonyl (C=O) groups is 3. The first kappa shape index (κ1) is 15.2. The van der Waals surface area contributed by atoms with E-state index in [2.05, 4.69) is 0 Å². The van der Waals surface area contributed by atoms with Crippen molar-refractivity contribution in [1.29, 1.82) is 0 Å². The number of hydrogen-bond donors (Lipinski definition) is 2. The molecule has 7 heteroatoms. The molecular formula is C10H17NO6. The summed E-state index contributed by atoms with van der Waals surface area (Å²) in [6.45, 7) is 5.32. The number of hydrogen-bond acceptors (Lipinski definition) is 4. The Labute approximate surface area is 99.0 Å². The molecule has 1 atom stereocenters. The maximum atomic E-state index is 11.6. The largest absolute Gasteiger partial charge is 0.480 e. The fourth-order valence-corrected chi connectivity index (χ4v) is 0.959. The summed E-state index contributed by atoms with van der Waals surface area (Å²) in [6, 6.07) is -1.26. The normalized spacial score (nSPS) is 12.7. The van der Waals surface area contributed by atoms with Crippen molar-refractivity contribution in [2.45, 2.75) is 39.3 Å². The van der Waals surface area contributed by atoms with Gasteiger partial charge in [0.2, 0.25) is 0 Å². The van der Waals surface area contributed by atoms with Crippen molar-refractivity contribution in [3.05, 3.63) is 0 Å². The van der Waals surface area contributed by atoms with Crippen LogP contribution in [-0.4, -0.2) is 51.3 Å². The minimum Gasteiger partial charge on any atom is -0.480 e. The Kier molecular flexibility index (Phi) is 4.93. The number of carbonyl (C=O) groups excluding carboxylic acids is 1. The van der Waals surface area contributed by atoms with E-state index in [0.29, 0.717) is 4.90 Å². The molecule has 0 aromatic carbocycles. The van der Waals surface area contributed by atoms with Crippen molar-refractivity contribution < 1.29 is 29.3 Å². The average Bonchev–Trinajstić information content (AvgIpc) is 2.09. The first-order valence-corrected chi connectivity index (χ1v) is 4.99. The van der Waals surface area contributed by atoms with Crippen LogP contribution in [-0.2, 0) is 14.3 Å². The Morgan fingerprint density at radius 2 is 1.71 bits per heavy atom. The fraction of sp³-hybridized carbons (Fsp3) is 0.700. The van der Waals surface area contributed by atoms with Crippen molar-refractivity contribution in [1.82, 2.24) is 4.90 Å². The van der Waals surface area contributed by atoms with Crippen molar-refractivity contribution in [3.8, 4) is 0 Å². The lowest BCUT2D eigenvalue weighted by Crippen LogP contribution is -2.48. The van der Waals surface area contributed by atoms with E-state index in [1.807, 2.05) is 0 Å². The van der Waals surface area contributed by atoms with Crippen molar-refractivity contribution in [3.63, 3.8) is 0 Å². The third-order valence-electron chi connectivity index (χ3n) is 1.76. The zero-order chi connectivity index (χ0) is 13.8. The van der Waals surface area contributed by atoms with Crippen LogP contribution in [0.15, 0.2) is 0 Å². The Morgan fingerprint density at radius 3 is 2.00 bits per heavy atom. The second-order valence-corrected chi connectivity index (χ2v) is 4.52. The lowest BCUT2D eigenvalue weighted by atomic mass is 10.2. The number of carboxylic acids is 2. The fourth-order valence-electron chi connectivity index (χ4n) is 0.959. The molecule has 0 saturated carbocycles. The van der Waals surface area contributed by atoms with Crippen LogP contribution in [0.4, 0.5) is 4.79 Å². The molecule has 0 saturated heterocycles. The summed E-state index contributed by atoms with van der Waals surface area (Å²) < 4.78 is 4.93. The lowest BCUT2D eigenvalue weighted by Gasteiger charge is -2.28. The summed E-state index contributed by atoms with van der Waals surface area (Å²) in [7, 11) is 0. The van der Waals surface area contributed by atoms with Gasteiger partial charge in [-0.05, 0) is 27.7 Å². The molecule has 17 heavy (non-hydrogen) atoms. The zero-order valence-corrected chi connectivity index (χ0v) is 10.3. The smallest absolute Gasteiger partial charge is 0.411 e. The summed E-state index contributed by atoms with van der Waals surface area (Å²) in [4.78, 5) is 33.6. The molecule has 0 aromatic heterocycles. The van der Waals surface area contributed by atoms with E-state index >= 15 is 0 Å². The average molecular weight is 247 g/mol. The molecule has 0 bridgehead atoms. The number of amides is 1. The summed E-state index contributed by atoms with van der Waals surface area (Å²) >= 11 is 0. The molecule has 0 unspecified atom stereocenters. The Hall–Kier alpha value is -1.79. The quantitative estimate of drug-likeness (QED) is 0.760. The van der Waals surface area contributed by atoms with Gasteiger partial charge in [0.05, 0.1) is 0 Å². The third kappa shape index (κ3) is 5.74. The molecule has 0 rings (SSSR count). The topological polar surface area (TPSA) is 104 Å². The standard InChI is InChI=1S/C10H17NO6/c1-6(8(14)15)11(5-7(12)13)9(16)17-10(2,3)4/h6H,5H2,1-4H3,(H,12,13)(H,14,15)/t6-/m0/s1. The molecule has 7 nitrogen and oxygen atoms in total. The van der Waals surface area contributed by atoms with Gasteiger partial charge in [-0.15, -0.1) is 0 Å². The van der Waals surface area contributed by atoms with Gasteiger partial charge in [-0.2, -0.15) is 0 Å². The van der Waals surface area contributed by atoms with E-state index in [0.717, 1.165) is 0 Å². The first-order chi connectivity index (χ1) is 7.54. The highest BCUT2D eigenvalue weighted by Crippen LogP contribution is 2.12. The third-order valence-corrected chi connectivity index (χ3v) is 1.76. The maximum absolute atomic E-state index is 11.6. The summed E-state index contributed by atoms with van der Waals surface area (Å²) in [5.41, 5.74) is -0.813. The van der Waals surface area contributed by atoms with Crippen LogP contribution in [0.3, 0.4) is 0 Å². The Bertz CT molecular complexity index is 319. The molecule has 0 aliphatic heterocycles. The van der Waals surface area contributed by atoms with E-state index < -0.39 is 36.2 Å². The molecule has 0 aliphatic rings. The molecular weight excluding hydrogens is 230 g/mol. The van der Waals surface area contributed by atoms with Crippen LogP contribution in [0.2, 0.25) is 0 Å². The van der Waals surface area contributed by atoms with Crippen LogP contribution in [0.25, 0.3) is 0 Å². The summed E-state index contributed by atoms with van der Waals surface area (Å²) in [5.74, 6) is -2.60. The highest BCUT2D eigenvalue weighted by atomic mass is 16.6. The Balaban J connectivity index is 4.86. The molecule has 0 radical (unpaired) electrons. The SMILES string of the molecule is C[C@@H](C(=O)O)N(CC(=O)O)C(=O)OC(C)(C)C. The lowest BCUT2D eigenvalue weighted by molar-refractivity contribution is -0.145. The Morgan fingerprint density at radius 1 is 1.24 bits per heavy atom. The van der Waals surface area contributed by atoms with Crippen LogP contribution < -0.4 is 0 Å². The number of ether oxygens (including phenoxy) is 1. The molecule has 98 valence electrons. The van der Waals surface area contributed by atoms with E-state index in [1.54, 1.807) is 20.8 Å². The minimum atomic E-state index is -1.30. The number of nitrogens with zero attached hydrogens (tertiary/aromatic N) is 1. The van der Waals surface area contributed by atoms with Crippen molar-refractivity contribution in [2.24, 2.45) is 0 Å². The second-order valence-electron chi connectivity index (χ2n) is 4.52. The highest BCUT2D eigenvalue weighted by Gasteiger charge is 2.31. The van der Waals surface area contributed by atoms with Gasteiger partial charge in [0.1, 0.15) is 18.2 Å². The van der Waals surface area contributed by atoms with Crippen molar-refractivity contribution in [2.75, 3.05) is 6.54 Å². The maximum Gasteiger partial charge on any atom is 0.411 e. The molecule has 0 spiro atoms. The van der Waals surface area contributed by atoms with Gasteiger partial charge in [0.15, 0.2) is 0 Å². The second kappa shape index (κ2) is 5.51. The summed E-state index contributed by atoms with van der Waals surface area (Å²) in [5, 5.41) is 17.4. The van der Waals surface area contributed by atoms with E-state index in [-0.39, 0.29) is 0 Å². The number of aliphatic carboxylic acids is 2.